The quantitative estimate of drug-likeness (QED) is 0.944. The Morgan fingerprint density at radius 1 is 1.00 bits per heavy atom. The van der Waals surface area contributed by atoms with E-state index in [4.69, 9.17) is 5.73 Å². The van der Waals surface area contributed by atoms with Crippen LogP contribution in [0.3, 0.4) is 0 Å². The van der Waals surface area contributed by atoms with Gasteiger partial charge in [0.25, 0.3) is 0 Å². The molecule has 4 heteroatoms. The molecule has 1 saturated heterocycles. The Morgan fingerprint density at radius 3 is 2.32 bits per heavy atom. The maximum absolute atomic E-state index is 11.5. The van der Waals surface area contributed by atoms with Gasteiger partial charge in [-0.2, -0.15) is 0 Å². The molecule has 2 aromatic carbocycles. The van der Waals surface area contributed by atoms with E-state index in [1.807, 2.05) is 36.4 Å². The minimum atomic E-state index is -0.380. The molecule has 0 aromatic heterocycles. The topological polar surface area (TPSA) is 49.6 Å². The van der Waals surface area contributed by atoms with Crippen LogP contribution in [0.4, 0.5) is 5.69 Å². The largest absolute Gasteiger partial charge is 0.368 e. The van der Waals surface area contributed by atoms with Gasteiger partial charge in [-0.25, -0.2) is 0 Å². The number of hydrogen-bond acceptors (Lipinski definition) is 3. The van der Waals surface area contributed by atoms with E-state index in [9.17, 15) is 4.79 Å². The highest BCUT2D eigenvalue weighted by atomic mass is 16.1. The molecule has 0 unspecified atom stereocenters. The number of primary amides is 1. The van der Waals surface area contributed by atoms with Gasteiger partial charge in [-0.3, -0.25) is 4.79 Å². The summed E-state index contributed by atoms with van der Waals surface area (Å²) in [6.45, 7) is 3.96. The molecule has 1 fully saturated rings. The fourth-order valence-corrected chi connectivity index (χ4v) is 2.86. The van der Waals surface area contributed by atoms with E-state index in [0.717, 1.165) is 43.0 Å². The molecular formula is C18H21N3O. The van der Waals surface area contributed by atoms with Gasteiger partial charge < -0.3 is 15.5 Å². The molecule has 1 heterocycles. The van der Waals surface area contributed by atoms with Gasteiger partial charge >= 0.3 is 0 Å². The first kappa shape index (κ1) is 14.6. The van der Waals surface area contributed by atoms with Crippen LogP contribution in [0.15, 0.2) is 48.5 Å². The summed E-state index contributed by atoms with van der Waals surface area (Å²) in [6.07, 6.45) is 0. The van der Waals surface area contributed by atoms with Crippen LogP contribution in [0.1, 0.15) is 10.4 Å². The van der Waals surface area contributed by atoms with Crippen molar-refractivity contribution in [3.05, 3.63) is 54.1 Å². The highest BCUT2D eigenvalue weighted by molar-refractivity contribution is 5.95. The molecule has 1 amide bonds. The zero-order valence-corrected chi connectivity index (χ0v) is 12.8. The van der Waals surface area contributed by atoms with Crippen LogP contribution in [0.2, 0.25) is 0 Å². The van der Waals surface area contributed by atoms with Gasteiger partial charge in [0.15, 0.2) is 0 Å². The summed E-state index contributed by atoms with van der Waals surface area (Å²) >= 11 is 0. The molecule has 0 radical (unpaired) electrons. The van der Waals surface area contributed by atoms with Gasteiger partial charge in [-0.15, -0.1) is 0 Å². The molecular weight excluding hydrogens is 274 g/mol. The van der Waals surface area contributed by atoms with E-state index in [1.165, 1.54) is 0 Å². The predicted octanol–water partition coefficient (Wildman–Crippen LogP) is 2.20. The molecule has 114 valence electrons. The van der Waals surface area contributed by atoms with Crippen molar-refractivity contribution >= 4 is 11.6 Å². The Labute approximate surface area is 131 Å². The molecule has 0 atom stereocenters. The highest BCUT2D eigenvalue weighted by Crippen LogP contribution is 2.32. The van der Waals surface area contributed by atoms with Crippen molar-refractivity contribution < 1.29 is 4.79 Å². The van der Waals surface area contributed by atoms with Crippen molar-refractivity contribution in [2.75, 3.05) is 38.1 Å². The molecule has 4 nitrogen and oxygen atoms in total. The summed E-state index contributed by atoms with van der Waals surface area (Å²) < 4.78 is 0. The summed E-state index contributed by atoms with van der Waals surface area (Å²) in [5.74, 6) is -0.380. The van der Waals surface area contributed by atoms with Crippen molar-refractivity contribution in [2.24, 2.45) is 5.73 Å². The second-order valence-electron chi connectivity index (χ2n) is 5.75. The third-order valence-electron chi connectivity index (χ3n) is 4.21. The van der Waals surface area contributed by atoms with Crippen molar-refractivity contribution in [2.45, 2.75) is 0 Å². The van der Waals surface area contributed by atoms with E-state index >= 15 is 0 Å². The number of carbonyl (C=O) groups is 1. The van der Waals surface area contributed by atoms with Crippen LogP contribution in [0, 0.1) is 0 Å². The Bertz CT molecular complexity index is 661. The van der Waals surface area contributed by atoms with E-state index in [0.29, 0.717) is 5.56 Å². The van der Waals surface area contributed by atoms with Crippen LogP contribution in [0.25, 0.3) is 11.1 Å². The maximum atomic E-state index is 11.5. The van der Waals surface area contributed by atoms with Gasteiger partial charge in [0.2, 0.25) is 5.91 Å². The van der Waals surface area contributed by atoms with E-state index in [2.05, 4.69) is 29.0 Å². The Morgan fingerprint density at radius 2 is 1.68 bits per heavy atom. The van der Waals surface area contributed by atoms with Gasteiger partial charge in [0, 0.05) is 43.0 Å². The lowest BCUT2D eigenvalue weighted by molar-refractivity contribution is 0.100. The van der Waals surface area contributed by atoms with Gasteiger partial charge in [-0.05, 0) is 24.7 Å². The Hall–Kier alpha value is -2.33. The number of hydrogen-bond donors (Lipinski definition) is 1. The lowest BCUT2D eigenvalue weighted by atomic mass is 10.00. The number of anilines is 1. The Kier molecular flexibility index (Phi) is 4.11. The normalized spacial score (nSPS) is 15.8. The number of benzene rings is 2. The number of nitrogens with two attached hydrogens (primary N) is 1. The number of nitrogens with zero attached hydrogens (tertiary/aromatic N) is 2. The van der Waals surface area contributed by atoms with Crippen LogP contribution in [-0.2, 0) is 0 Å². The van der Waals surface area contributed by atoms with Crippen LogP contribution < -0.4 is 10.6 Å². The van der Waals surface area contributed by atoms with E-state index < -0.39 is 0 Å². The van der Waals surface area contributed by atoms with E-state index in [-0.39, 0.29) is 5.91 Å². The number of carbonyl (C=O) groups excluding carboxylic acids is 1. The smallest absolute Gasteiger partial charge is 0.248 e. The first-order valence-electron chi connectivity index (χ1n) is 7.58. The van der Waals surface area contributed by atoms with Gasteiger partial charge in [0.05, 0.1) is 0 Å². The van der Waals surface area contributed by atoms with Crippen LogP contribution in [0.5, 0.6) is 0 Å². The summed E-state index contributed by atoms with van der Waals surface area (Å²) in [5.41, 5.74) is 9.42. The fraction of sp³-hybridized carbons (Fsp3) is 0.278. The molecule has 22 heavy (non-hydrogen) atoms. The van der Waals surface area contributed by atoms with E-state index in [1.54, 1.807) is 0 Å². The summed E-state index contributed by atoms with van der Waals surface area (Å²) in [7, 11) is 2.13. The Balaban J connectivity index is 2.04. The zero-order chi connectivity index (χ0) is 15.5. The first-order chi connectivity index (χ1) is 10.6. The monoisotopic (exact) mass is 295 g/mol. The molecule has 1 aliphatic rings. The third kappa shape index (κ3) is 2.97. The first-order valence-corrected chi connectivity index (χ1v) is 7.58. The second-order valence-corrected chi connectivity index (χ2v) is 5.75. The molecule has 1 aliphatic heterocycles. The zero-order valence-electron chi connectivity index (χ0n) is 12.8. The lowest BCUT2D eigenvalue weighted by Crippen LogP contribution is -2.44. The average Bonchev–Trinajstić information content (AvgIpc) is 2.56. The van der Waals surface area contributed by atoms with Crippen molar-refractivity contribution in [3.8, 4) is 11.1 Å². The molecule has 0 saturated carbocycles. The molecule has 3 rings (SSSR count). The molecule has 0 bridgehead atoms. The van der Waals surface area contributed by atoms with Crippen LogP contribution >= 0.6 is 0 Å². The number of likely N-dealkylation sites (N-methyl/N-ethyl adjacent to an activating group) is 1. The average molecular weight is 295 g/mol. The summed E-state index contributed by atoms with van der Waals surface area (Å²) in [5, 5.41) is 0. The number of rotatable bonds is 3. The van der Waals surface area contributed by atoms with Gasteiger partial charge in [0.1, 0.15) is 0 Å². The molecule has 0 aliphatic carbocycles. The van der Waals surface area contributed by atoms with Crippen molar-refractivity contribution in [3.63, 3.8) is 0 Å². The standard InChI is InChI=1S/C18H21N3O/c1-20-9-11-21(12-10-20)17-13-15(18(19)22)7-8-16(17)14-5-3-2-4-6-14/h2-8,13H,9-12H2,1H3,(H2,19,22). The SMILES string of the molecule is CN1CCN(c2cc(C(N)=O)ccc2-c2ccccc2)CC1. The highest BCUT2D eigenvalue weighted by Gasteiger charge is 2.19. The molecule has 2 aromatic rings. The maximum Gasteiger partial charge on any atom is 0.248 e. The number of amides is 1. The second kappa shape index (κ2) is 6.20. The van der Waals surface area contributed by atoms with Crippen LogP contribution in [-0.4, -0.2) is 44.0 Å². The number of piperazine rings is 1. The molecule has 0 spiro atoms. The molecule has 2 N–H and O–H groups in total. The van der Waals surface area contributed by atoms with Crippen molar-refractivity contribution in [1.29, 1.82) is 0 Å². The predicted molar refractivity (Wildman–Crippen MR) is 90.1 cm³/mol. The lowest BCUT2D eigenvalue weighted by Gasteiger charge is -2.35. The van der Waals surface area contributed by atoms with Crippen molar-refractivity contribution in [1.82, 2.24) is 4.90 Å². The third-order valence-corrected chi connectivity index (χ3v) is 4.21. The van der Waals surface area contributed by atoms with Gasteiger partial charge in [-0.1, -0.05) is 36.4 Å². The summed E-state index contributed by atoms with van der Waals surface area (Å²) in [4.78, 5) is 16.2. The minimum Gasteiger partial charge on any atom is -0.368 e. The fourth-order valence-electron chi connectivity index (χ4n) is 2.86. The summed E-state index contributed by atoms with van der Waals surface area (Å²) in [6, 6.07) is 16.0. The minimum absolute atomic E-state index is 0.380.